The Morgan fingerprint density at radius 3 is 2.44 bits per heavy atom. The molecule has 1 saturated carbocycles. The van der Waals surface area contributed by atoms with Crippen LogP contribution in [0.3, 0.4) is 0 Å². The van der Waals surface area contributed by atoms with Crippen LogP contribution in [0.25, 0.3) is 10.9 Å². The molecule has 5 nitrogen and oxygen atoms in total. The first-order valence-electron chi connectivity index (χ1n) is 9.40. The van der Waals surface area contributed by atoms with E-state index in [-0.39, 0.29) is 18.1 Å². The van der Waals surface area contributed by atoms with Gasteiger partial charge in [-0.25, -0.2) is 4.98 Å². The van der Waals surface area contributed by atoms with Crippen molar-refractivity contribution in [1.29, 1.82) is 0 Å². The first-order chi connectivity index (χ1) is 13.2. The van der Waals surface area contributed by atoms with E-state index in [1.54, 1.807) is 0 Å². The fourth-order valence-corrected chi connectivity index (χ4v) is 3.59. The van der Waals surface area contributed by atoms with Crippen LogP contribution < -0.4 is 10.6 Å². The largest absolute Gasteiger partial charge is 0.393 e. The van der Waals surface area contributed by atoms with E-state index in [0.29, 0.717) is 11.4 Å². The molecule has 5 heteroatoms. The van der Waals surface area contributed by atoms with Gasteiger partial charge in [-0.2, -0.15) is 0 Å². The number of anilines is 2. The van der Waals surface area contributed by atoms with Crippen molar-refractivity contribution in [3.63, 3.8) is 0 Å². The molecular weight excluding hydrogens is 338 g/mol. The summed E-state index contributed by atoms with van der Waals surface area (Å²) in [7, 11) is 0. The summed E-state index contributed by atoms with van der Waals surface area (Å²) in [4.78, 5) is 17.6. The summed E-state index contributed by atoms with van der Waals surface area (Å²) >= 11 is 0. The molecule has 1 amide bonds. The number of rotatable bonds is 4. The number of benzene rings is 2. The number of aromatic nitrogens is 1. The summed E-state index contributed by atoms with van der Waals surface area (Å²) in [6, 6.07) is 19.2. The number of aliphatic hydroxyl groups is 1. The number of carbonyl (C=O) groups is 1. The highest BCUT2D eigenvalue weighted by atomic mass is 16.3. The number of nitrogens with one attached hydrogen (secondary N) is 2. The maximum atomic E-state index is 12.9. The number of hydrogen-bond acceptors (Lipinski definition) is 4. The summed E-state index contributed by atoms with van der Waals surface area (Å²) in [6.45, 7) is 0. The number of amides is 1. The fourth-order valence-electron chi connectivity index (χ4n) is 3.59. The second-order valence-electron chi connectivity index (χ2n) is 7.04. The monoisotopic (exact) mass is 361 g/mol. The number of pyridine rings is 1. The Hall–Kier alpha value is -2.92. The number of para-hydroxylation sites is 2. The molecule has 1 aromatic heterocycles. The van der Waals surface area contributed by atoms with Gasteiger partial charge < -0.3 is 15.7 Å². The first kappa shape index (κ1) is 17.5. The fraction of sp³-hybridized carbons (Fsp3) is 0.273. The number of hydrogen-bond donors (Lipinski definition) is 3. The zero-order chi connectivity index (χ0) is 18.6. The summed E-state index contributed by atoms with van der Waals surface area (Å²) in [5, 5.41) is 16.9. The van der Waals surface area contributed by atoms with Crippen molar-refractivity contribution >= 4 is 28.3 Å². The van der Waals surface area contributed by atoms with Crippen LogP contribution >= 0.6 is 0 Å². The number of aliphatic hydroxyl groups excluding tert-OH is 1. The lowest BCUT2D eigenvalue weighted by Gasteiger charge is -2.26. The Bertz CT molecular complexity index is 935. The maximum Gasteiger partial charge on any atom is 0.256 e. The molecule has 0 atom stereocenters. The third-order valence-corrected chi connectivity index (χ3v) is 5.04. The van der Waals surface area contributed by atoms with Gasteiger partial charge in [0.15, 0.2) is 0 Å². The van der Waals surface area contributed by atoms with Crippen molar-refractivity contribution in [3.05, 3.63) is 66.2 Å². The third-order valence-electron chi connectivity index (χ3n) is 5.04. The van der Waals surface area contributed by atoms with Crippen LogP contribution in [-0.4, -0.2) is 28.1 Å². The van der Waals surface area contributed by atoms with Crippen LogP contribution in [0.1, 0.15) is 36.0 Å². The van der Waals surface area contributed by atoms with Crippen molar-refractivity contribution in [2.45, 2.75) is 37.8 Å². The average molecular weight is 361 g/mol. The zero-order valence-corrected chi connectivity index (χ0v) is 15.1. The van der Waals surface area contributed by atoms with Gasteiger partial charge in [-0.15, -0.1) is 0 Å². The van der Waals surface area contributed by atoms with Gasteiger partial charge >= 0.3 is 0 Å². The number of fused-ring (bicyclic) bond motifs is 1. The van der Waals surface area contributed by atoms with Crippen LogP contribution in [0, 0.1) is 0 Å². The Morgan fingerprint density at radius 2 is 1.67 bits per heavy atom. The van der Waals surface area contributed by atoms with Gasteiger partial charge in [0.1, 0.15) is 5.82 Å². The van der Waals surface area contributed by atoms with Crippen LogP contribution in [0.4, 0.5) is 11.5 Å². The zero-order valence-electron chi connectivity index (χ0n) is 15.1. The van der Waals surface area contributed by atoms with E-state index in [2.05, 4.69) is 15.6 Å². The molecule has 0 saturated heterocycles. The molecule has 0 unspecified atom stereocenters. The topological polar surface area (TPSA) is 74.2 Å². The highest BCUT2D eigenvalue weighted by Crippen LogP contribution is 2.25. The predicted octanol–water partition coefficient (Wildman–Crippen LogP) is 4.20. The van der Waals surface area contributed by atoms with Gasteiger partial charge in [0.05, 0.1) is 17.2 Å². The van der Waals surface area contributed by atoms with Crippen molar-refractivity contribution in [1.82, 2.24) is 4.98 Å². The molecule has 3 aromatic rings. The SMILES string of the molecule is O=C(Nc1ccccc1)c1cc(NC2CCC(O)CC2)nc2ccccc12. The Balaban J connectivity index is 1.63. The van der Waals surface area contributed by atoms with Gasteiger partial charge in [-0.05, 0) is 49.9 Å². The predicted molar refractivity (Wildman–Crippen MR) is 108 cm³/mol. The molecule has 27 heavy (non-hydrogen) atoms. The molecule has 3 N–H and O–H groups in total. The molecule has 0 aliphatic heterocycles. The average Bonchev–Trinajstić information content (AvgIpc) is 2.70. The van der Waals surface area contributed by atoms with Crippen molar-refractivity contribution in [2.75, 3.05) is 10.6 Å². The molecule has 138 valence electrons. The van der Waals surface area contributed by atoms with E-state index in [9.17, 15) is 9.90 Å². The third kappa shape index (κ3) is 4.09. The molecule has 1 aliphatic carbocycles. The molecular formula is C22H23N3O2. The molecule has 0 spiro atoms. The van der Waals surface area contributed by atoms with E-state index in [1.807, 2.05) is 60.7 Å². The van der Waals surface area contributed by atoms with Gasteiger partial charge in [0.2, 0.25) is 0 Å². The van der Waals surface area contributed by atoms with Gasteiger partial charge in [0, 0.05) is 17.1 Å². The van der Waals surface area contributed by atoms with Crippen molar-refractivity contribution in [2.24, 2.45) is 0 Å². The lowest BCUT2D eigenvalue weighted by atomic mass is 9.93. The van der Waals surface area contributed by atoms with E-state index < -0.39 is 0 Å². The van der Waals surface area contributed by atoms with Crippen LogP contribution in [0.2, 0.25) is 0 Å². The smallest absolute Gasteiger partial charge is 0.256 e. The minimum absolute atomic E-state index is 0.151. The summed E-state index contributed by atoms with van der Waals surface area (Å²) in [5.74, 6) is 0.551. The van der Waals surface area contributed by atoms with Crippen LogP contribution in [0.15, 0.2) is 60.7 Å². The minimum atomic E-state index is -0.195. The molecule has 1 aliphatic rings. The second-order valence-corrected chi connectivity index (χ2v) is 7.04. The summed E-state index contributed by atoms with van der Waals surface area (Å²) < 4.78 is 0. The van der Waals surface area contributed by atoms with Crippen molar-refractivity contribution < 1.29 is 9.90 Å². The summed E-state index contributed by atoms with van der Waals surface area (Å²) in [6.07, 6.45) is 3.21. The second kappa shape index (κ2) is 7.76. The van der Waals surface area contributed by atoms with Crippen molar-refractivity contribution in [3.8, 4) is 0 Å². The lowest BCUT2D eigenvalue weighted by Crippen LogP contribution is -2.28. The van der Waals surface area contributed by atoms with E-state index >= 15 is 0 Å². The normalized spacial score (nSPS) is 19.6. The van der Waals surface area contributed by atoms with Gasteiger partial charge in [0.25, 0.3) is 5.91 Å². The van der Waals surface area contributed by atoms with Crippen LogP contribution in [0.5, 0.6) is 0 Å². The molecule has 0 radical (unpaired) electrons. The first-order valence-corrected chi connectivity index (χ1v) is 9.40. The molecule has 4 rings (SSSR count). The van der Waals surface area contributed by atoms with E-state index in [0.717, 1.165) is 42.3 Å². The maximum absolute atomic E-state index is 12.9. The molecule has 1 fully saturated rings. The minimum Gasteiger partial charge on any atom is -0.393 e. The quantitative estimate of drug-likeness (QED) is 0.651. The molecule has 2 aromatic carbocycles. The number of nitrogens with zero attached hydrogens (tertiary/aromatic N) is 1. The molecule has 0 bridgehead atoms. The van der Waals surface area contributed by atoms with E-state index in [1.165, 1.54) is 0 Å². The highest BCUT2D eigenvalue weighted by molar-refractivity contribution is 6.12. The highest BCUT2D eigenvalue weighted by Gasteiger charge is 2.20. The van der Waals surface area contributed by atoms with Gasteiger partial charge in [-0.1, -0.05) is 36.4 Å². The van der Waals surface area contributed by atoms with E-state index in [4.69, 9.17) is 0 Å². The Labute approximate surface area is 158 Å². The van der Waals surface area contributed by atoms with Crippen LogP contribution in [-0.2, 0) is 0 Å². The van der Waals surface area contributed by atoms with Gasteiger partial charge in [-0.3, -0.25) is 4.79 Å². The summed E-state index contributed by atoms with van der Waals surface area (Å²) in [5.41, 5.74) is 2.15. The number of carbonyl (C=O) groups excluding carboxylic acids is 1. The molecule has 1 heterocycles. The Kier molecular flexibility index (Phi) is 5.03. The lowest BCUT2D eigenvalue weighted by molar-refractivity contribution is 0.102. The standard InChI is InChI=1S/C22H23N3O2/c26-17-12-10-16(11-13-17)23-21-14-19(18-8-4-5-9-20(18)25-21)22(27)24-15-6-2-1-3-7-15/h1-9,14,16-17,26H,10-13H2,(H,23,25)(H,24,27). The Morgan fingerprint density at radius 1 is 0.963 bits per heavy atom.